The van der Waals surface area contributed by atoms with Gasteiger partial charge in [0.25, 0.3) is 0 Å². The lowest BCUT2D eigenvalue weighted by Gasteiger charge is -2.23. The molecule has 4 bridgehead atoms. The van der Waals surface area contributed by atoms with Crippen molar-refractivity contribution in [3.05, 3.63) is 174 Å². The van der Waals surface area contributed by atoms with Gasteiger partial charge in [-0.1, -0.05) is 198 Å². The van der Waals surface area contributed by atoms with Gasteiger partial charge in [-0.3, -0.25) is 0 Å². The van der Waals surface area contributed by atoms with E-state index in [1.807, 2.05) is 184 Å². The van der Waals surface area contributed by atoms with Crippen molar-refractivity contribution in [2.75, 3.05) is 139 Å². The van der Waals surface area contributed by atoms with E-state index < -0.39 is 12.6 Å². The molecule has 6 aromatic carbocycles. The highest BCUT2D eigenvalue weighted by Crippen LogP contribution is 2.59. The first-order valence-electron chi connectivity index (χ1n) is 46.9. The molecule has 1 N–H and O–H groups in total. The second kappa shape index (κ2) is 61.0. The van der Waals surface area contributed by atoms with Crippen LogP contribution in [-0.2, 0) is 67.7 Å². The van der Waals surface area contributed by atoms with E-state index in [1.54, 1.807) is 84.2 Å². The van der Waals surface area contributed by atoms with E-state index in [2.05, 4.69) is 91.8 Å². The van der Waals surface area contributed by atoms with Crippen LogP contribution < -0.4 is 33.2 Å². The number of ether oxygens (including phenoxy) is 19. The molecule has 20 heteroatoms. The van der Waals surface area contributed by atoms with Gasteiger partial charge in [-0.15, -0.1) is 0 Å². The molecule has 15 unspecified atom stereocenters. The zero-order valence-electron chi connectivity index (χ0n) is 79.4. The molecule has 698 valence electrons. The first-order valence-corrected chi connectivity index (χ1v) is 46.9. The van der Waals surface area contributed by atoms with Gasteiger partial charge < -0.3 is 95.1 Å². The third kappa shape index (κ3) is 43.0. The van der Waals surface area contributed by atoms with Crippen LogP contribution in [-0.4, -0.2) is 188 Å². The van der Waals surface area contributed by atoms with Gasteiger partial charge in [0.1, 0.15) is 62.0 Å². The summed E-state index contributed by atoms with van der Waals surface area (Å²) in [6.07, 6.45) is 18.3. The SMILES string of the molecule is C1CC2C3CCC(C3)C2C1.C1CC2C3CCC(C3)C2C1.CC.CC.CC.CC(OCCOCCOCCOC(C)Oc1ccc(C(C)(C)C)cc1OCC1CO1)Oc1ccc(C(C)(C)C)cc1OCC1CO1.COC(C)OCCOCCOCCOC(C)Oc1ccccc1.Cc1ccc(C)cc1.OCCOc1ccccc1.c1ccc(OCC2CO2)cc1. The van der Waals surface area contributed by atoms with Crippen molar-refractivity contribution in [3.8, 4) is 40.2 Å². The fourth-order valence-corrected chi connectivity index (χ4v) is 16.2. The number of hydrogen-bond donors (Lipinski definition) is 1. The zero-order valence-corrected chi connectivity index (χ0v) is 79.4. The molecule has 6 aromatic rings. The molecule has 3 heterocycles. The maximum Gasteiger partial charge on any atom is 0.197 e. The lowest BCUT2D eigenvalue weighted by molar-refractivity contribution is -0.123. The van der Waals surface area contributed by atoms with Crippen LogP contribution in [0, 0.1) is 61.2 Å². The average molecular weight is 1730 g/mol. The number of rotatable bonds is 41. The number of benzene rings is 6. The standard InChI is InChI=1S/C36H54O10.C17H28O6.2C10H16.C9H10O2.C8H10O2.C8H10.3C2H6/c1-25(45-31-11-9-27(35(3,4)5)19-33(31)43-23-29-21-41-29)39-17-15-37-13-14-38-16-18-40-26(2)46-32-12-10-28(36(6,7)8)20-34(32)44-24-30-22-42-30;1-15(18-3)21-13-11-19-9-10-20-12-14-22-16(2)23-17-7-5-4-6-8-17;2*1-2-9-7-4-5-8(6-7)10(9)3-1;1-2-4-8(5-3-1)10-6-9-7-11-9;9-6-7-10-8-4-2-1-3-5-8;1-7-3-5-8(2)6-4-7;3*1-2/h9-12,19-20,25-26,29-30H,13-18,21-24H2,1-8H3;4-8,15-16H,9-14H2,1-3H3;2*7-10H,1-6H2;1-5,9H,6-7H2;1-5,9H,6-7H2;3-6H,1-2H3;3*1-2H3. The highest BCUT2D eigenvalue weighted by molar-refractivity contribution is 5.46. The molecule has 6 saturated carbocycles. The number of aryl methyl sites for hydroxylation is 2. The Hall–Kier alpha value is -6.60. The first kappa shape index (κ1) is 106. The smallest absolute Gasteiger partial charge is 0.197 e. The molecule has 3 saturated heterocycles. The maximum absolute atomic E-state index is 8.40. The van der Waals surface area contributed by atoms with Crippen molar-refractivity contribution in [2.24, 2.45) is 47.3 Å². The molecule has 9 aliphatic rings. The molecule has 20 nitrogen and oxygen atoms in total. The van der Waals surface area contributed by atoms with Gasteiger partial charge in [0.15, 0.2) is 48.2 Å². The summed E-state index contributed by atoms with van der Waals surface area (Å²) >= 11 is 0. The summed E-state index contributed by atoms with van der Waals surface area (Å²) < 4.78 is 105. The number of aliphatic hydroxyl groups excluding tert-OH is 1. The summed E-state index contributed by atoms with van der Waals surface area (Å²) in [6, 6.07) is 49.4. The molecule has 15 rings (SSSR count). The Bertz CT molecular complexity index is 3420. The molecule has 0 radical (unpaired) electrons. The molecular weight excluding hydrogens is 1570 g/mol. The van der Waals surface area contributed by atoms with Crippen LogP contribution in [0.5, 0.6) is 40.2 Å². The van der Waals surface area contributed by atoms with Crippen molar-refractivity contribution in [2.45, 2.75) is 256 Å². The number of hydrogen-bond acceptors (Lipinski definition) is 20. The van der Waals surface area contributed by atoms with Gasteiger partial charge in [0, 0.05) is 7.11 Å². The largest absolute Gasteiger partial charge is 0.491 e. The minimum atomic E-state index is -0.465. The van der Waals surface area contributed by atoms with E-state index in [0.29, 0.717) is 135 Å². The summed E-state index contributed by atoms with van der Waals surface area (Å²) in [5.74, 6) is 14.8. The summed E-state index contributed by atoms with van der Waals surface area (Å²) in [6.45, 7) is 46.7. The monoisotopic (exact) mass is 1730 g/mol. The Morgan fingerprint density at radius 1 is 0.339 bits per heavy atom. The quantitative estimate of drug-likeness (QED) is 0.0215. The van der Waals surface area contributed by atoms with Crippen molar-refractivity contribution in [1.82, 2.24) is 0 Å². The Morgan fingerprint density at radius 2 is 0.637 bits per heavy atom. The first-order chi connectivity index (χ1) is 60.2. The Morgan fingerprint density at radius 3 is 0.952 bits per heavy atom. The van der Waals surface area contributed by atoms with Crippen LogP contribution >= 0.6 is 0 Å². The Labute approximate surface area is 747 Å². The van der Waals surface area contributed by atoms with E-state index in [9.17, 15) is 0 Å². The predicted octanol–water partition coefficient (Wildman–Crippen LogP) is 22.1. The summed E-state index contributed by atoms with van der Waals surface area (Å²) in [5.41, 5.74) is 5.00. The van der Waals surface area contributed by atoms with Gasteiger partial charge in [-0.05, 0) is 236 Å². The number of para-hydroxylation sites is 3. The highest BCUT2D eigenvalue weighted by atomic mass is 16.7. The van der Waals surface area contributed by atoms with E-state index in [-0.39, 0.29) is 42.2 Å². The molecule has 0 aromatic heterocycles. The molecular formula is C104H162O20. The van der Waals surface area contributed by atoms with Crippen LogP contribution in [0.3, 0.4) is 0 Å². The van der Waals surface area contributed by atoms with Crippen molar-refractivity contribution in [3.63, 3.8) is 0 Å². The average Bonchev–Trinajstić information content (AvgIpc) is 1.69. The second-order valence-electron chi connectivity index (χ2n) is 34.3. The topological polar surface area (TPSA) is 205 Å². The van der Waals surface area contributed by atoms with Crippen molar-refractivity contribution >= 4 is 0 Å². The predicted molar refractivity (Wildman–Crippen MR) is 495 cm³/mol. The number of fused-ring (bicyclic) bond motifs is 10. The molecule has 6 aliphatic carbocycles. The van der Waals surface area contributed by atoms with Crippen LogP contribution in [0.2, 0.25) is 0 Å². The maximum atomic E-state index is 8.40. The van der Waals surface area contributed by atoms with Gasteiger partial charge >= 0.3 is 0 Å². The number of epoxide rings is 3. The van der Waals surface area contributed by atoms with E-state index in [0.717, 1.165) is 37.1 Å². The van der Waals surface area contributed by atoms with Gasteiger partial charge in [0.05, 0.1) is 106 Å². The van der Waals surface area contributed by atoms with Crippen molar-refractivity contribution in [1.29, 1.82) is 0 Å². The second-order valence-corrected chi connectivity index (χ2v) is 34.3. The molecule has 0 spiro atoms. The fourth-order valence-electron chi connectivity index (χ4n) is 16.2. The van der Waals surface area contributed by atoms with Crippen LogP contribution in [0.25, 0.3) is 0 Å². The lowest BCUT2D eigenvalue weighted by Crippen LogP contribution is -2.21. The van der Waals surface area contributed by atoms with Gasteiger partial charge in [-0.2, -0.15) is 0 Å². The normalized spacial score (nSPS) is 22.2. The fraction of sp³-hybridized carbons (Fsp3) is 0.654. The zero-order chi connectivity index (χ0) is 89.8. The minimum Gasteiger partial charge on any atom is -0.491 e. The van der Waals surface area contributed by atoms with E-state index in [1.165, 1.54) is 69.6 Å². The van der Waals surface area contributed by atoms with Crippen LogP contribution in [0.15, 0.2) is 152 Å². The summed E-state index contributed by atoms with van der Waals surface area (Å²) in [5, 5.41) is 8.40. The lowest BCUT2D eigenvalue weighted by atomic mass is 9.82. The third-order valence-electron chi connectivity index (χ3n) is 22.9. The third-order valence-corrected chi connectivity index (χ3v) is 22.9. The molecule has 124 heavy (non-hydrogen) atoms. The van der Waals surface area contributed by atoms with Crippen molar-refractivity contribution < 1.29 is 95.1 Å². The minimum absolute atomic E-state index is 0.000543. The number of methoxy groups -OCH3 is 1. The van der Waals surface area contributed by atoms with Gasteiger partial charge in [0.2, 0.25) is 0 Å². The Kier molecular flexibility index (Phi) is 52.2. The number of aliphatic hydroxyl groups is 1. The summed E-state index contributed by atoms with van der Waals surface area (Å²) in [7, 11) is 1.60. The molecule has 15 atom stereocenters. The van der Waals surface area contributed by atoms with E-state index in [4.69, 9.17) is 95.1 Å². The Balaban J connectivity index is 0.000000250. The van der Waals surface area contributed by atoms with Crippen LogP contribution in [0.4, 0.5) is 0 Å². The molecule has 0 amide bonds. The molecule has 3 aliphatic heterocycles. The summed E-state index contributed by atoms with van der Waals surface area (Å²) in [4.78, 5) is 0. The molecule has 9 fully saturated rings. The van der Waals surface area contributed by atoms with Crippen LogP contribution in [0.1, 0.15) is 210 Å². The van der Waals surface area contributed by atoms with Gasteiger partial charge in [-0.25, -0.2) is 0 Å². The highest BCUT2D eigenvalue weighted by Gasteiger charge is 2.50. The van der Waals surface area contributed by atoms with E-state index >= 15 is 0 Å².